The van der Waals surface area contributed by atoms with Gasteiger partial charge in [0.1, 0.15) is 5.60 Å². The van der Waals surface area contributed by atoms with Crippen LogP contribution in [0.25, 0.3) is 11.2 Å². The van der Waals surface area contributed by atoms with Crippen LogP contribution >= 0.6 is 0 Å². The molecular weight excluding hydrogens is 376 g/mol. The van der Waals surface area contributed by atoms with Gasteiger partial charge < -0.3 is 19.1 Å². The first kappa shape index (κ1) is 20.7. The average molecular weight is 404 g/mol. The van der Waals surface area contributed by atoms with Gasteiger partial charge in [-0.25, -0.2) is 9.59 Å². The minimum absolute atomic E-state index is 0.338. The topological polar surface area (TPSA) is 94.6 Å². The van der Waals surface area contributed by atoms with Crippen molar-refractivity contribution in [1.29, 1.82) is 0 Å². The maximum absolute atomic E-state index is 12.7. The van der Waals surface area contributed by atoms with Gasteiger partial charge in [-0.1, -0.05) is 6.08 Å². The normalized spacial score (nSPS) is 15.1. The Bertz CT molecular complexity index is 1060. The zero-order chi connectivity index (χ0) is 21.5. The first-order valence-corrected chi connectivity index (χ1v) is 9.55. The molecule has 2 aromatic rings. The summed E-state index contributed by atoms with van der Waals surface area (Å²) < 4.78 is 9.66. The van der Waals surface area contributed by atoms with Crippen LogP contribution in [0, 0.1) is 0 Å². The first-order valence-electron chi connectivity index (χ1n) is 9.55. The van der Waals surface area contributed by atoms with Gasteiger partial charge in [-0.2, -0.15) is 4.98 Å². The number of anilines is 1. The molecule has 0 radical (unpaired) electrons. The van der Waals surface area contributed by atoms with Crippen molar-refractivity contribution in [2.45, 2.75) is 32.9 Å². The molecule has 0 saturated carbocycles. The molecule has 3 heterocycles. The fourth-order valence-corrected chi connectivity index (χ4v) is 3.39. The minimum atomic E-state index is -0.545. The lowest BCUT2D eigenvalue weighted by Gasteiger charge is -2.36. The van der Waals surface area contributed by atoms with E-state index in [2.05, 4.69) is 11.6 Å². The van der Waals surface area contributed by atoms with Gasteiger partial charge in [0.15, 0.2) is 11.2 Å². The van der Waals surface area contributed by atoms with Gasteiger partial charge in [0.2, 0.25) is 5.95 Å². The van der Waals surface area contributed by atoms with E-state index >= 15 is 0 Å². The Morgan fingerprint density at radius 1 is 1.14 bits per heavy atom. The number of nitrogens with zero attached hydrogens (tertiary/aromatic N) is 6. The molecular formula is C19H28N6O4. The highest BCUT2D eigenvalue weighted by Crippen LogP contribution is 2.21. The van der Waals surface area contributed by atoms with E-state index in [1.54, 1.807) is 22.6 Å². The van der Waals surface area contributed by atoms with E-state index in [-0.39, 0.29) is 6.09 Å². The van der Waals surface area contributed by atoms with Crippen LogP contribution in [0.2, 0.25) is 0 Å². The number of fused-ring (bicyclic) bond motifs is 1. The summed E-state index contributed by atoms with van der Waals surface area (Å²) in [5.41, 5.74) is -0.663. The lowest BCUT2D eigenvalue weighted by Crippen LogP contribution is -2.50. The molecule has 10 heteroatoms. The molecule has 1 aliphatic heterocycles. The van der Waals surface area contributed by atoms with Crippen LogP contribution in [-0.2, 0) is 25.4 Å². The second kappa shape index (κ2) is 7.41. The van der Waals surface area contributed by atoms with Crippen LogP contribution in [-0.4, -0.2) is 61.5 Å². The molecule has 0 bridgehead atoms. The number of ether oxygens (including phenoxy) is 1. The van der Waals surface area contributed by atoms with Gasteiger partial charge in [0.05, 0.1) is 0 Å². The number of aromatic nitrogens is 4. The van der Waals surface area contributed by atoms with Crippen LogP contribution in [0.1, 0.15) is 20.8 Å². The summed E-state index contributed by atoms with van der Waals surface area (Å²) in [7, 11) is 3.05. The van der Waals surface area contributed by atoms with Gasteiger partial charge in [0.25, 0.3) is 5.56 Å². The summed E-state index contributed by atoms with van der Waals surface area (Å²) in [5, 5.41) is 0. The van der Waals surface area contributed by atoms with Crippen LogP contribution in [0.5, 0.6) is 0 Å². The molecule has 0 unspecified atom stereocenters. The number of hydrogen-bond acceptors (Lipinski definition) is 6. The second-order valence-electron chi connectivity index (χ2n) is 8.14. The zero-order valence-corrected chi connectivity index (χ0v) is 17.6. The SMILES string of the molecule is C=CCn1c(N2CCN(C(=O)OC(C)(C)C)CC2)nc2c1c(=O)n(C)c(=O)n2C. The smallest absolute Gasteiger partial charge is 0.410 e. The molecule has 1 aliphatic rings. The summed E-state index contributed by atoms with van der Waals surface area (Å²) >= 11 is 0. The fraction of sp³-hybridized carbons (Fsp3) is 0.579. The monoisotopic (exact) mass is 404 g/mol. The van der Waals surface area contributed by atoms with Gasteiger partial charge in [-0.3, -0.25) is 13.9 Å². The number of piperazine rings is 1. The molecule has 3 rings (SSSR count). The van der Waals surface area contributed by atoms with Crippen molar-refractivity contribution in [3.63, 3.8) is 0 Å². The fourth-order valence-electron chi connectivity index (χ4n) is 3.39. The van der Waals surface area contributed by atoms with Crippen molar-refractivity contribution < 1.29 is 9.53 Å². The van der Waals surface area contributed by atoms with E-state index in [0.717, 1.165) is 4.57 Å². The standard InChI is InChI=1S/C19H28N6O4/c1-7-8-25-13-14(21(5)17(27)22(6)15(13)26)20-16(25)23-9-11-24(12-10-23)18(28)29-19(2,3)4/h7H,1,8-12H2,2-6H3. The van der Waals surface area contributed by atoms with Crippen LogP contribution in [0.4, 0.5) is 10.7 Å². The lowest BCUT2D eigenvalue weighted by atomic mass is 10.2. The van der Waals surface area contributed by atoms with Gasteiger partial charge in [-0.15, -0.1) is 6.58 Å². The molecule has 0 spiro atoms. The van der Waals surface area contributed by atoms with Crippen LogP contribution in [0.3, 0.4) is 0 Å². The van der Waals surface area contributed by atoms with E-state index < -0.39 is 16.9 Å². The number of aryl methyl sites for hydroxylation is 1. The van der Waals surface area contributed by atoms with Crippen molar-refractivity contribution >= 4 is 23.2 Å². The number of carbonyl (C=O) groups excluding carboxylic acids is 1. The molecule has 0 N–H and O–H groups in total. The number of amides is 1. The molecule has 1 fully saturated rings. The maximum atomic E-state index is 12.7. The Balaban J connectivity index is 1.94. The Morgan fingerprint density at radius 2 is 1.76 bits per heavy atom. The van der Waals surface area contributed by atoms with E-state index in [1.165, 1.54) is 11.6 Å². The van der Waals surface area contributed by atoms with Crippen LogP contribution in [0.15, 0.2) is 22.2 Å². The third-order valence-corrected chi connectivity index (χ3v) is 4.85. The van der Waals surface area contributed by atoms with E-state index in [0.29, 0.717) is 49.8 Å². The summed E-state index contributed by atoms with van der Waals surface area (Å²) in [6.45, 7) is 11.7. The van der Waals surface area contributed by atoms with Gasteiger partial charge in [-0.05, 0) is 20.8 Å². The Labute approximate surface area is 168 Å². The largest absolute Gasteiger partial charge is 0.444 e. The number of carbonyl (C=O) groups is 1. The Kier molecular flexibility index (Phi) is 5.29. The number of allylic oxidation sites excluding steroid dienone is 1. The second-order valence-corrected chi connectivity index (χ2v) is 8.14. The third-order valence-electron chi connectivity index (χ3n) is 4.85. The van der Waals surface area contributed by atoms with Crippen molar-refractivity contribution in [2.24, 2.45) is 14.1 Å². The van der Waals surface area contributed by atoms with E-state index in [4.69, 9.17) is 4.74 Å². The first-order chi connectivity index (χ1) is 13.5. The molecule has 10 nitrogen and oxygen atoms in total. The lowest BCUT2D eigenvalue weighted by molar-refractivity contribution is 0.0240. The molecule has 1 saturated heterocycles. The third kappa shape index (κ3) is 3.79. The minimum Gasteiger partial charge on any atom is -0.444 e. The quantitative estimate of drug-likeness (QED) is 0.698. The van der Waals surface area contributed by atoms with Crippen molar-refractivity contribution in [3.05, 3.63) is 33.5 Å². The Hall–Kier alpha value is -3.04. The number of rotatable bonds is 3. The summed E-state index contributed by atoms with van der Waals surface area (Å²) in [4.78, 5) is 45.6. The van der Waals surface area contributed by atoms with Crippen LogP contribution < -0.4 is 16.1 Å². The number of hydrogen-bond donors (Lipinski definition) is 0. The maximum Gasteiger partial charge on any atom is 0.410 e. The molecule has 0 aromatic carbocycles. The summed E-state index contributed by atoms with van der Waals surface area (Å²) in [6, 6.07) is 0. The van der Waals surface area contributed by atoms with Gasteiger partial charge >= 0.3 is 11.8 Å². The predicted octanol–water partition coefficient (Wildman–Crippen LogP) is 0.677. The molecule has 0 aliphatic carbocycles. The predicted molar refractivity (Wildman–Crippen MR) is 110 cm³/mol. The molecule has 1 amide bonds. The molecule has 158 valence electrons. The van der Waals surface area contributed by atoms with E-state index in [1.807, 2.05) is 25.7 Å². The molecule has 2 aromatic heterocycles. The summed E-state index contributed by atoms with van der Waals surface area (Å²) in [5.74, 6) is 0.585. The van der Waals surface area contributed by atoms with Crippen molar-refractivity contribution in [3.8, 4) is 0 Å². The highest BCUT2D eigenvalue weighted by Gasteiger charge is 2.29. The molecule has 29 heavy (non-hydrogen) atoms. The zero-order valence-electron chi connectivity index (χ0n) is 17.6. The Morgan fingerprint density at radius 3 is 2.31 bits per heavy atom. The van der Waals surface area contributed by atoms with Crippen molar-refractivity contribution in [2.75, 3.05) is 31.1 Å². The highest BCUT2D eigenvalue weighted by atomic mass is 16.6. The van der Waals surface area contributed by atoms with Gasteiger partial charge in [0, 0.05) is 46.8 Å². The number of imidazole rings is 1. The molecule has 0 atom stereocenters. The summed E-state index contributed by atoms with van der Waals surface area (Å²) in [6.07, 6.45) is 1.35. The van der Waals surface area contributed by atoms with E-state index in [9.17, 15) is 14.4 Å². The van der Waals surface area contributed by atoms with Crippen molar-refractivity contribution in [1.82, 2.24) is 23.6 Å². The highest BCUT2D eigenvalue weighted by molar-refractivity contribution is 5.75. The average Bonchev–Trinajstić information content (AvgIpc) is 3.03.